The van der Waals surface area contributed by atoms with Crippen LogP contribution in [0.4, 0.5) is 0 Å². The maximum Gasteiger partial charge on any atom is 0.263 e. The molecule has 2 aromatic rings. The first-order chi connectivity index (χ1) is 12.7. The third-order valence-electron chi connectivity index (χ3n) is 4.83. The molecule has 1 aliphatic carbocycles. The van der Waals surface area contributed by atoms with Crippen LogP contribution in [-0.4, -0.2) is 51.2 Å². The predicted octanol–water partition coefficient (Wildman–Crippen LogP) is 1.20. The number of H-pyrrole nitrogens is 1. The van der Waals surface area contributed by atoms with Crippen molar-refractivity contribution in [2.24, 2.45) is 0 Å². The normalized spacial score (nSPS) is 19.9. The van der Waals surface area contributed by atoms with Crippen LogP contribution in [0.1, 0.15) is 65.5 Å². The molecular formula is C17H21N5O4. The summed E-state index contributed by atoms with van der Waals surface area (Å²) in [4.78, 5) is 38.2. The maximum atomic E-state index is 12.9. The van der Waals surface area contributed by atoms with Crippen molar-refractivity contribution in [2.75, 3.05) is 20.3 Å². The summed E-state index contributed by atoms with van der Waals surface area (Å²) in [5, 5.41) is 3.94. The van der Waals surface area contributed by atoms with E-state index < -0.39 is 0 Å². The molecule has 2 aliphatic rings. The van der Waals surface area contributed by atoms with Crippen LogP contribution in [0.3, 0.4) is 0 Å². The molecule has 3 heterocycles. The number of aromatic amines is 1. The largest absolute Gasteiger partial charge is 0.384 e. The molecule has 1 atom stereocenters. The van der Waals surface area contributed by atoms with Crippen molar-refractivity contribution in [1.29, 1.82) is 0 Å². The molecule has 1 N–H and O–H groups in total. The van der Waals surface area contributed by atoms with Crippen LogP contribution in [0.2, 0.25) is 0 Å². The van der Waals surface area contributed by atoms with Gasteiger partial charge in [-0.25, -0.2) is 4.98 Å². The standard InChI is InChI=1S/C17H21N5O4/c1-25-8-6-13-19-16(26-21-13)12-3-2-7-22(12)17(24)11-9-18-14(10-4-5-10)20-15(11)23/h9-10,12H,2-8H2,1H3,(H,18,20,23)/t12-/m0/s1. The van der Waals surface area contributed by atoms with Crippen molar-refractivity contribution in [3.05, 3.63) is 39.7 Å². The zero-order chi connectivity index (χ0) is 18.1. The summed E-state index contributed by atoms with van der Waals surface area (Å²) in [6, 6.07) is -0.311. The number of aromatic nitrogens is 4. The molecule has 2 fully saturated rings. The summed E-state index contributed by atoms with van der Waals surface area (Å²) >= 11 is 0. The second-order valence-corrected chi connectivity index (χ2v) is 6.73. The van der Waals surface area contributed by atoms with Crippen LogP contribution >= 0.6 is 0 Å². The lowest BCUT2D eigenvalue weighted by Gasteiger charge is -2.21. The van der Waals surface area contributed by atoms with Crippen molar-refractivity contribution < 1.29 is 14.1 Å². The summed E-state index contributed by atoms with van der Waals surface area (Å²) in [7, 11) is 1.61. The third kappa shape index (κ3) is 3.26. The SMILES string of the molecule is COCCc1noc([C@@H]2CCCN2C(=O)c2cnc(C3CC3)[nH]c2=O)n1. The molecule has 1 aliphatic heterocycles. The lowest BCUT2D eigenvalue weighted by atomic mass is 10.2. The Hall–Kier alpha value is -2.55. The number of likely N-dealkylation sites (tertiary alicyclic amines) is 1. The van der Waals surface area contributed by atoms with Crippen LogP contribution in [0.15, 0.2) is 15.5 Å². The number of hydrogen-bond donors (Lipinski definition) is 1. The van der Waals surface area contributed by atoms with Crippen LogP contribution in [0.25, 0.3) is 0 Å². The van der Waals surface area contributed by atoms with Gasteiger partial charge in [-0.15, -0.1) is 0 Å². The third-order valence-corrected chi connectivity index (χ3v) is 4.83. The zero-order valence-electron chi connectivity index (χ0n) is 14.6. The second-order valence-electron chi connectivity index (χ2n) is 6.73. The summed E-state index contributed by atoms with van der Waals surface area (Å²) in [6.07, 6.45) is 5.55. The van der Waals surface area contributed by atoms with Gasteiger partial charge in [0.2, 0.25) is 5.89 Å². The van der Waals surface area contributed by atoms with Crippen molar-refractivity contribution in [3.8, 4) is 0 Å². The molecule has 0 unspecified atom stereocenters. The van der Waals surface area contributed by atoms with E-state index in [1.165, 1.54) is 6.20 Å². The van der Waals surface area contributed by atoms with Crippen molar-refractivity contribution >= 4 is 5.91 Å². The average molecular weight is 359 g/mol. The van der Waals surface area contributed by atoms with E-state index in [1.54, 1.807) is 12.0 Å². The van der Waals surface area contributed by atoms with Gasteiger partial charge in [-0.1, -0.05) is 5.16 Å². The highest BCUT2D eigenvalue weighted by Crippen LogP contribution is 2.37. The molecule has 0 spiro atoms. The number of hydrogen-bond acceptors (Lipinski definition) is 7. The Morgan fingerprint density at radius 2 is 2.27 bits per heavy atom. The number of carbonyl (C=O) groups is 1. The second kappa shape index (κ2) is 6.99. The highest BCUT2D eigenvalue weighted by Gasteiger charge is 2.36. The number of methoxy groups -OCH3 is 1. The van der Waals surface area contributed by atoms with Gasteiger partial charge in [0.15, 0.2) is 5.82 Å². The van der Waals surface area contributed by atoms with Crippen molar-refractivity contribution in [1.82, 2.24) is 25.0 Å². The number of nitrogens with one attached hydrogen (secondary N) is 1. The molecule has 0 bridgehead atoms. The minimum Gasteiger partial charge on any atom is -0.384 e. The number of rotatable bonds is 6. The maximum absolute atomic E-state index is 12.9. The highest BCUT2D eigenvalue weighted by atomic mass is 16.5. The number of amides is 1. The van der Waals surface area contributed by atoms with Gasteiger partial charge in [-0.05, 0) is 25.7 Å². The van der Waals surface area contributed by atoms with Gasteiger partial charge in [0, 0.05) is 32.2 Å². The van der Waals surface area contributed by atoms with Gasteiger partial charge in [0.25, 0.3) is 11.5 Å². The van der Waals surface area contributed by atoms with E-state index in [9.17, 15) is 9.59 Å². The van der Waals surface area contributed by atoms with Gasteiger partial charge >= 0.3 is 0 Å². The van der Waals surface area contributed by atoms with E-state index in [1.807, 2.05) is 0 Å². The zero-order valence-corrected chi connectivity index (χ0v) is 14.6. The van der Waals surface area contributed by atoms with Crippen LogP contribution in [-0.2, 0) is 11.2 Å². The molecule has 9 nitrogen and oxygen atoms in total. The summed E-state index contributed by atoms with van der Waals surface area (Å²) < 4.78 is 10.3. The fraction of sp³-hybridized carbons (Fsp3) is 0.588. The van der Waals surface area contributed by atoms with Gasteiger partial charge in [0.1, 0.15) is 17.4 Å². The van der Waals surface area contributed by atoms with Gasteiger partial charge < -0.3 is 19.1 Å². The fourth-order valence-corrected chi connectivity index (χ4v) is 3.24. The van der Waals surface area contributed by atoms with E-state index in [-0.39, 0.29) is 23.1 Å². The Morgan fingerprint density at radius 1 is 1.42 bits per heavy atom. The minimum atomic E-state index is -0.385. The molecule has 26 heavy (non-hydrogen) atoms. The average Bonchev–Trinajstić information content (AvgIpc) is 3.19. The van der Waals surface area contributed by atoms with E-state index in [2.05, 4.69) is 20.1 Å². The molecule has 1 saturated carbocycles. The lowest BCUT2D eigenvalue weighted by molar-refractivity contribution is 0.0707. The topological polar surface area (TPSA) is 114 Å². The fourth-order valence-electron chi connectivity index (χ4n) is 3.24. The Bertz CT molecular complexity index is 857. The quantitative estimate of drug-likeness (QED) is 0.824. The molecule has 1 saturated heterocycles. The molecule has 0 aromatic carbocycles. The van der Waals surface area contributed by atoms with E-state index in [4.69, 9.17) is 9.26 Å². The van der Waals surface area contributed by atoms with Gasteiger partial charge in [-0.2, -0.15) is 4.98 Å². The monoisotopic (exact) mass is 359 g/mol. The number of ether oxygens (including phenoxy) is 1. The van der Waals surface area contributed by atoms with Gasteiger partial charge in [0.05, 0.1) is 6.61 Å². The highest BCUT2D eigenvalue weighted by molar-refractivity contribution is 5.94. The Kier molecular flexibility index (Phi) is 4.54. The lowest BCUT2D eigenvalue weighted by Crippen LogP contribution is -2.35. The summed E-state index contributed by atoms with van der Waals surface area (Å²) in [5.41, 5.74) is -0.329. The van der Waals surface area contributed by atoms with E-state index in [0.717, 1.165) is 25.7 Å². The summed E-state index contributed by atoms with van der Waals surface area (Å²) in [5.74, 6) is 1.61. The Labute approximate surface area is 149 Å². The minimum absolute atomic E-state index is 0.0559. The molecule has 9 heteroatoms. The smallest absolute Gasteiger partial charge is 0.263 e. The molecule has 2 aromatic heterocycles. The molecule has 4 rings (SSSR count). The van der Waals surface area contributed by atoms with Crippen LogP contribution in [0.5, 0.6) is 0 Å². The Balaban J connectivity index is 1.53. The van der Waals surface area contributed by atoms with Crippen molar-refractivity contribution in [2.45, 2.75) is 44.1 Å². The number of nitrogens with zero attached hydrogens (tertiary/aromatic N) is 4. The first kappa shape index (κ1) is 16.9. The number of carbonyl (C=O) groups excluding carboxylic acids is 1. The first-order valence-electron chi connectivity index (χ1n) is 8.89. The molecular weight excluding hydrogens is 338 g/mol. The van der Waals surface area contributed by atoms with E-state index >= 15 is 0 Å². The first-order valence-corrected chi connectivity index (χ1v) is 8.89. The molecule has 1 amide bonds. The van der Waals surface area contributed by atoms with Crippen LogP contribution < -0.4 is 5.56 Å². The van der Waals surface area contributed by atoms with Gasteiger partial charge in [-0.3, -0.25) is 9.59 Å². The van der Waals surface area contributed by atoms with Crippen molar-refractivity contribution in [3.63, 3.8) is 0 Å². The van der Waals surface area contributed by atoms with E-state index in [0.29, 0.717) is 43.0 Å². The predicted molar refractivity (Wildman–Crippen MR) is 89.7 cm³/mol. The molecule has 138 valence electrons. The molecule has 0 radical (unpaired) electrons. The van der Waals surface area contributed by atoms with Crippen LogP contribution in [0, 0.1) is 0 Å². The summed E-state index contributed by atoms with van der Waals surface area (Å²) in [6.45, 7) is 1.05. The Morgan fingerprint density at radius 3 is 3.00 bits per heavy atom.